The number of rotatable bonds is 7. The van der Waals surface area contributed by atoms with Crippen molar-refractivity contribution in [2.45, 2.75) is 0 Å². The molecule has 5 heteroatoms. The van der Waals surface area contributed by atoms with E-state index < -0.39 is 109 Å². The summed E-state index contributed by atoms with van der Waals surface area (Å²) >= 11 is 0. The van der Waals surface area contributed by atoms with Crippen LogP contribution >= 0.6 is 0 Å². The molecule has 0 aliphatic rings. The van der Waals surface area contributed by atoms with Gasteiger partial charge in [0.15, 0.2) is 5.82 Å². The molecule has 0 fully saturated rings. The number of benzene rings is 9. The summed E-state index contributed by atoms with van der Waals surface area (Å²) in [6, 6.07) is 31.3. The summed E-state index contributed by atoms with van der Waals surface area (Å²) in [6.45, 7) is 0. The van der Waals surface area contributed by atoms with Gasteiger partial charge in [0.2, 0.25) is 11.9 Å². The third-order valence-corrected chi connectivity index (χ3v) is 11.0. The SMILES string of the molecule is [2H]c1c([2H])c([2H])c2c(c1[2H])c1c([2H])c([2H])c([2H])c([2H])c1n2-c1nc(-c2cccc(-c3ccc(-c4ccc(-c5ccc(-c6ccccc6)cc5)cc4)cc3)c2)nc(-n2c3c([2H])c([2H])c([2H])c([2H])c3c3c([2H])c([2H])c([2H])c([2H])c32)n1. The Kier molecular flexibility index (Phi) is 5.41. The number of fused-ring (bicyclic) bond motifs is 6. The van der Waals surface area contributed by atoms with Gasteiger partial charge < -0.3 is 0 Å². The highest BCUT2D eigenvalue weighted by atomic mass is 15.3. The average Bonchev–Trinajstić information content (AvgIpc) is 4.24. The van der Waals surface area contributed by atoms with E-state index in [1.807, 2.05) is 48.5 Å². The standard InChI is InChI=1S/C57H37N5/c1-2-13-38(14-3-1)39-25-27-40(28-26-39)41-29-31-42(32-30-41)43-33-35-44(36-34-43)45-15-12-16-46(37-45)55-58-56(61-51-21-8-4-17-47(51)48-18-5-9-22-52(48)61)60-57(59-55)62-53-23-10-6-19-49(53)50-20-7-11-24-54(50)62/h1-37H/i4D,5D,6D,7D,8D,9D,10D,11D,17D,18D,19D,20D,21D,22D,23D,24D. The van der Waals surface area contributed by atoms with Crippen molar-refractivity contribution in [3.8, 4) is 67.8 Å². The molecule has 5 nitrogen and oxygen atoms in total. The highest BCUT2D eigenvalue weighted by molar-refractivity contribution is 6.10. The van der Waals surface area contributed by atoms with E-state index in [4.69, 9.17) is 31.4 Å². The van der Waals surface area contributed by atoms with Crippen LogP contribution in [0.25, 0.3) is 111 Å². The third kappa shape index (κ3) is 6.06. The van der Waals surface area contributed by atoms with Gasteiger partial charge in [-0.15, -0.1) is 0 Å². The van der Waals surface area contributed by atoms with Crippen LogP contribution in [0.4, 0.5) is 0 Å². The van der Waals surface area contributed by atoms with Gasteiger partial charge in [-0.25, -0.2) is 0 Å². The highest BCUT2D eigenvalue weighted by Gasteiger charge is 2.20. The number of nitrogens with zero attached hydrogens (tertiary/aromatic N) is 5. The first-order chi connectivity index (χ1) is 37.4. The van der Waals surface area contributed by atoms with Crippen LogP contribution in [0.15, 0.2) is 224 Å². The summed E-state index contributed by atoms with van der Waals surface area (Å²) in [4.78, 5) is 14.5. The van der Waals surface area contributed by atoms with Crippen molar-refractivity contribution < 1.29 is 21.9 Å². The molecule has 12 rings (SSSR count). The average molecular weight is 808 g/mol. The molecule has 0 aliphatic carbocycles. The molecule has 9 aromatic carbocycles. The number of aromatic nitrogens is 5. The van der Waals surface area contributed by atoms with Gasteiger partial charge in [-0.05, 0) is 74.7 Å². The fourth-order valence-electron chi connectivity index (χ4n) is 7.96. The Morgan fingerprint density at radius 1 is 0.290 bits per heavy atom. The van der Waals surface area contributed by atoms with E-state index >= 15 is 0 Å². The van der Waals surface area contributed by atoms with Crippen LogP contribution in [-0.2, 0) is 0 Å². The smallest absolute Gasteiger partial charge is 0.240 e. The molecule has 0 saturated carbocycles. The monoisotopic (exact) mass is 807 g/mol. The van der Waals surface area contributed by atoms with Gasteiger partial charge in [0.1, 0.15) is 0 Å². The first-order valence-electron chi connectivity index (χ1n) is 27.6. The van der Waals surface area contributed by atoms with Crippen LogP contribution in [0.1, 0.15) is 21.9 Å². The number of para-hydroxylation sites is 4. The van der Waals surface area contributed by atoms with Crippen LogP contribution in [0.5, 0.6) is 0 Å². The predicted molar refractivity (Wildman–Crippen MR) is 256 cm³/mol. The zero-order chi connectivity index (χ0) is 54.9. The Morgan fingerprint density at radius 2 is 0.597 bits per heavy atom. The third-order valence-electron chi connectivity index (χ3n) is 11.0. The van der Waals surface area contributed by atoms with E-state index in [2.05, 4.69) is 60.7 Å². The van der Waals surface area contributed by atoms with E-state index in [0.29, 0.717) is 11.1 Å². The Labute approximate surface area is 381 Å². The lowest BCUT2D eigenvalue weighted by molar-refractivity contribution is 0.893. The second kappa shape index (κ2) is 14.7. The molecule has 12 aromatic rings. The molecule has 0 N–H and O–H groups in total. The summed E-state index contributed by atoms with van der Waals surface area (Å²) in [6.07, 6.45) is 0. The highest BCUT2D eigenvalue weighted by Crippen LogP contribution is 2.36. The summed E-state index contributed by atoms with van der Waals surface area (Å²) in [5.41, 5.74) is 6.88. The fourth-order valence-corrected chi connectivity index (χ4v) is 7.96. The second-order valence-electron chi connectivity index (χ2n) is 14.5. The van der Waals surface area contributed by atoms with Crippen molar-refractivity contribution in [3.63, 3.8) is 0 Å². The Morgan fingerprint density at radius 3 is 0.984 bits per heavy atom. The van der Waals surface area contributed by atoms with Gasteiger partial charge in [0.25, 0.3) is 0 Å². The molecule has 0 atom stereocenters. The topological polar surface area (TPSA) is 48.5 Å². The minimum absolute atomic E-state index is 0.142. The normalized spacial score (nSPS) is 15.2. The molecule has 62 heavy (non-hydrogen) atoms. The molecule has 0 spiro atoms. The maximum absolute atomic E-state index is 9.21. The first kappa shape index (κ1) is 22.8. The van der Waals surface area contributed by atoms with Crippen molar-refractivity contribution in [2.24, 2.45) is 0 Å². The van der Waals surface area contributed by atoms with E-state index in [1.165, 1.54) is 0 Å². The molecule has 290 valence electrons. The number of hydrogen-bond donors (Lipinski definition) is 0. The molecule has 0 saturated heterocycles. The van der Waals surface area contributed by atoms with Crippen LogP contribution in [0.3, 0.4) is 0 Å². The van der Waals surface area contributed by atoms with Crippen LogP contribution in [0.2, 0.25) is 0 Å². The van der Waals surface area contributed by atoms with Crippen molar-refractivity contribution in [1.82, 2.24) is 24.1 Å². The quantitative estimate of drug-likeness (QED) is 0.161. The lowest BCUT2D eigenvalue weighted by Crippen LogP contribution is -2.10. The van der Waals surface area contributed by atoms with E-state index in [1.54, 1.807) is 18.2 Å². The Balaban J connectivity index is 1.06. The van der Waals surface area contributed by atoms with Gasteiger partial charge in [0, 0.05) is 27.1 Å². The summed E-state index contributed by atoms with van der Waals surface area (Å²) in [7, 11) is 0. The zero-order valence-electron chi connectivity index (χ0n) is 48.4. The van der Waals surface area contributed by atoms with Crippen molar-refractivity contribution >= 4 is 43.6 Å². The van der Waals surface area contributed by atoms with Gasteiger partial charge in [-0.2, -0.15) is 15.0 Å². The molecule has 3 heterocycles. The van der Waals surface area contributed by atoms with Crippen LogP contribution in [-0.4, -0.2) is 24.1 Å². The maximum atomic E-state index is 9.21. The van der Waals surface area contributed by atoms with Gasteiger partial charge in [-0.1, -0.05) is 194 Å². The lowest BCUT2D eigenvalue weighted by Gasteiger charge is -2.13. The van der Waals surface area contributed by atoms with Crippen molar-refractivity contribution in [2.75, 3.05) is 0 Å². The molecular weight excluding hydrogens is 755 g/mol. The molecule has 0 radical (unpaired) electrons. The van der Waals surface area contributed by atoms with E-state index in [9.17, 15) is 5.48 Å². The maximum Gasteiger partial charge on any atom is 0.240 e. The molecule has 0 amide bonds. The lowest BCUT2D eigenvalue weighted by atomic mass is 9.96. The van der Waals surface area contributed by atoms with E-state index in [-0.39, 0.29) is 49.4 Å². The zero-order valence-corrected chi connectivity index (χ0v) is 32.4. The van der Waals surface area contributed by atoms with Crippen LogP contribution < -0.4 is 0 Å². The fraction of sp³-hybridized carbons (Fsp3) is 0. The van der Waals surface area contributed by atoms with Crippen molar-refractivity contribution in [1.29, 1.82) is 0 Å². The predicted octanol–water partition coefficient (Wildman–Crippen LogP) is 14.4. The van der Waals surface area contributed by atoms with Gasteiger partial charge in [0.05, 0.1) is 44.0 Å². The Bertz CT molecular complexity index is 4210. The van der Waals surface area contributed by atoms with E-state index in [0.717, 1.165) is 48.1 Å². The Hall–Kier alpha value is -8.41. The molecule has 0 bridgehead atoms. The van der Waals surface area contributed by atoms with Gasteiger partial charge in [-0.3, -0.25) is 9.13 Å². The summed E-state index contributed by atoms with van der Waals surface area (Å²) in [5, 5.41) is -1.05. The second-order valence-corrected chi connectivity index (χ2v) is 14.5. The summed E-state index contributed by atoms with van der Waals surface area (Å²) in [5.74, 6) is -1.07. The molecular formula is C57H37N5. The van der Waals surface area contributed by atoms with Crippen LogP contribution in [0, 0.1) is 0 Å². The minimum atomic E-state index is -0.698. The largest absolute Gasteiger partial charge is 0.278 e. The first-order valence-corrected chi connectivity index (χ1v) is 19.6. The molecule has 3 aromatic heterocycles. The van der Waals surface area contributed by atoms with Gasteiger partial charge >= 0.3 is 0 Å². The summed E-state index contributed by atoms with van der Waals surface area (Å²) < 4.78 is 144. The molecule has 0 aliphatic heterocycles. The minimum Gasteiger partial charge on any atom is -0.278 e. The van der Waals surface area contributed by atoms with Crippen molar-refractivity contribution in [3.05, 3.63) is 224 Å². The number of hydrogen-bond acceptors (Lipinski definition) is 3. The molecule has 0 unspecified atom stereocenters.